The maximum absolute atomic E-state index is 12.1. The van der Waals surface area contributed by atoms with Crippen molar-refractivity contribution in [1.29, 1.82) is 0 Å². The Morgan fingerprint density at radius 3 is 2.63 bits per heavy atom. The maximum atomic E-state index is 12.1. The Kier molecular flexibility index (Phi) is 4.90. The molecule has 1 aromatic carbocycles. The number of aliphatic carboxylic acids is 1. The van der Waals surface area contributed by atoms with E-state index in [2.05, 4.69) is 10.6 Å². The smallest absolute Gasteiger partial charge is 0.333 e. The van der Waals surface area contributed by atoms with Crippen LogP contribution in [0.15, 0.2) is 24.3 Å². The Morgan fingerprint density at radius 1 is 1.37 bits per heavy atom. The van der Waals surface area contributed by atoms with E-state index in [1.807, 2.05) is 0 Å². The first-order chi connectivity index (χ1) is 8.54. The van der Waals surface area contributed by atoms with Crippen molar-refractivity contribution in [2.75, 3.05) is 11.9 Å². The number of halogens is 1. The lowest BCUT2D eigenvalue weighted by Crippen LogP contribution is -2.56. The number of rotatable bonds is 3. The molecule has 0 aliphatic carbocycles. The van der Waals surface area contributed by atoms with Crippen LogP contribution in [0.4, 0.5) is 5.69 Å². The van der Waals surface area contributed by atoms with E-state index >= 15 is 0 Å². The van der Waals surface area contributed by atoms with Crippen LogP contribution in [-0.2, 0) is 9.59 Å². The molecule has 1 atom stereocenters. The lowest BCUT2D eigenvalue weighted by molar-refractivity contribution is -0.148. The molecule has 1 aliphatic heterocycles. The van der Waals surface area contributed by atoms with Gasteiger partial charge in [-0.05, 0) is 31.5 Å². The normalized spacial score (nSPS) is 21.5. The van der Waals surface area contributed by atoms with Crippen LogP contribution in [0.3, 0.4) is 0 Å². The van der Waals surface area contributed by atoms with Gasteiger partial charge in [0, 0.05) is 11.8 Å². The molecule has 0 aromatic heterocycles. The number of carboxylic acids is 1. The molecule has 0 saturated carbocycles. The van der Waals surface area contributed by atoms with Gasteiger partial charge in [-0.3, -0.25) is 10.1 Å². The van der Waals surface area contributed by atoms with Gasteiger partial charge in [0.1, 0.15) is 5.75 Å². The van der Waals surface area contributed by atoms with E-state index in [4.69, 9.17) is 0 Å². The summed E-state index contributed by atoms with van der Waals surface area (Å²) in [4.78, 5) is 23.3. The predicted molar refractivity (Wildman–Crippen MR) is 74.7 cm³/mol. The number of phenols is 1. The highest BCUT2D eigenvalue weighted by atomic mass is 79.9. The van der Waals surface area contributed by atoms with Gasteiger partial charge in [0.25, 0.3) is 5.91 Å². The van der Waals surface area contributed by atoms with Crippen LogP contribution < -0.4 is 10.6 Å². The van der Waals surface area contributed by atoms with Crippen molar-refractivity contribution in [3.8, 4) is 5.75 Å². The molecule has 104 valence electrons. The summed E-state index contributed by atoms with van der Waals surface area (Å²) < 4.78 is 0. The molecule has 1 amide bonds. The van der Waals surface area contributed by atoms with E-state index in [1.54, 1.807) is 12.1 Å². The van der Waals surface area contributed by atoms with E-state index in [1.165, 1.54) is 12.1 Å². The van der Waals surface area contributed by atoms with Gasteiger partial charge in [-0.15, -0.1) is 17.0 Å². The van der Waals surface area contributed by atoms with Gasteiger partial charge >= 0.3 is 5.97 Å². The Morgan fingerprint density at radius 2 is 2.11 bits per heavy atom. The quantitative estimate of drug-likeness (QED) is 0.622. The van der Waals surface area contributed by atoms with Crippen LogP contribution in [-0.4, -0.2) is 34.2 Å². The van der Waals surface area contributed by atoms with Gasteiger partial charge in [-0.2, -0.15) is 0 Å². The topological polar surface area (TPSA) is 98.7 Å². The average molecular weight is 331 g/mol. The third-order valence-electron chi connectivity index (χ3n) is 3.01. The molecule has 2 rings (SSSR count). The second-order valence-electron chi connectivity index (χ2n) is 4.25. The van der Waals surface area contributed by atoms with E-state index in [0.29, 0.717) is 18.7 Å². The monoisotopic (exact) mass is 330 g/mol. The molecule has 0 spiro atoms. The molecule has 6 nitrogen and oxygen atoms in total. The number of carbonyl (C=O) groups is 2. The highest BCUT2D eigenvalue weighted by molar-refractivity contribution is 8.93. The van der Waals surface area contributed by atoms with E-state index in [9.17, 15) is 19.8 Å². The summed E-state index contributed by atoms with van der Waals surface area (Å²) in [6, 6.07) is 5.99. The van der Waals surface area contributed by atoms with Gasteiger partial charge in [0.2, 0.25) is 0 Å². The Balaban J connectivity index is 0.00000180. The highest BCUT2D eigenvalue weighted by Crippen LogP contribution is 2.23. The Labute approximate surface area is 120 Å². The summed E-state index contributed by atoms with van der Waals surface area (Å²) >= 11 is 0. The van der Waals surface area contributed by atoms with Crippen LogP contribution >= 0.6 is 17.0 Å². The molecule has 1 aliphatic rings. The number of aromatic hydroxyl groups is 1. The fourth-order valence-corrected chi connectivity index (χ4v) is 2.04. The van der Waals surface area contributed by atoms with Gasteiger partial charge in [0.15, 0.2) is 5.54 Å². The summed E-state index contributed by atoms with van der Waals surface area (Å²) in [5, 5.41) is 23.7. The molecular weight excluding hydrogens is 316 g/mol. The molecule has 19 heavy (non-hydrogen) atoms. The van der Waals surface area contributed by atoms with Crippen molar-refractivity contribution >= 4 is 34.5 Å². The molecular formula is C12H15BrN2O4. The van der Waals surface area contributed by atoms with E-state index in [-0.39, 0.29) is 29.2 Å². The van der Waals surface area contributed by atoms with E-state index in [0.717, 1.165) is 0 Å². The molecule has 7 heteroatoms. The number of amides is 1. The molecule has 1 heterocycles. The zero-order valence-electron chi connectivity index (χ0n) is 10.0. The second kappa shape index (κ2) is 6.03. The summed E-state index contributed by atoms with van der Waals surface area (Å²) in [6.07, 6.45) is 0.896. The largest absolute Gasteiger partial charge is 0.508 e. The minimum atomic E-state index is -1.56. The number of benzene rings is 1. The number of carbonyl (C=O) groups excluding carboxylic acids is 1. The third-order valence-corrected chi connectivity index (χ3v) is 3.01. The molecule has 4 N–H and O–H groups in total. The maximum Gasteiger partial charge on any atom is 0.333 e. The summed E-state index contributed by atoms with van der Waals surface area (Å²) in [5.41, 5.74) is -1.19. The minimum Gasteiger partial charge on any atom is -0.508 e. The van der Waals surface area contributed by atoms with Gasteiger partial charge in [0.05, 0.1) is 0 Å². The first kappa shape index (κ1) is 15.5. The second-order valence-corrected chi connectivity index (χ2v) is 4.25. The van der Waals surface area contributed by atoms with Crippen molar-refractivity contribution in [2.24, 2.45) is 0 Å². The molecule has 0 bridgehead atoms. The lowest BCUT2D eigenvalue weighted by Gasteiger charge is -2.23. The molecule has 1 saturated heterocycles. The van der Waals surface area contributed by atoms with Crippen molar-refractivity contribution in [1.82, 2.24) is 5.32 Å². The highest BCUT2D eigenvalue weighted by Gasteiger charge is 2.48. The van der Waals surface area contributed by atoms with Gasteiger partial charge in [-0.25, -0.2) is 4.79 Å². The van der Waals surface area contributed by atoms with Crippen molar-refractivity contribution in [3.63, 3.8) is 0 Å². The van der Waals surface area contributed by atoms with Crippen molar-refractivity contribution < 1.29 is 19.8 Å². The third kappa shape index (κ3) is 3.05. The van der Waals surface area contributed by atoms with Crippen LogP contribution in [0.1, 0.15) is 12.8 Å². The number of hydrogen-bond donors (Lipinski definition) is 4. The zero-order chi connectivity index (χ0) is 13.2. The first-order valence-corrected chi connectivity index (χ1v) is 5.63. The van der Waals surface area contributed by atoms with Crippen LogP contribution in [0.25, 0.3) is 0 Å². The fraction of sp³-hybridized carbons (Fsp3) is 0.333. The van der Waals surface area contributed by atoms with E-state index < -0.39 is 17.4 Å². The SMILES string of the molecule is Br.O=C(O)[C@]1(C(=O)Nc2cccc(O)c2)CCCN1. The van der Waals surface area contributed by atoms with Crippen LogP contribution in [0.2, 0.25) is 0 Å². The number of carboxylic acid groups (broad SMARTS) is 1. The minimum absolute atomic E-state index is 0. The number of nitrogens with one attached hydrogen (secondary N) is 2. The standard InChI is InChI=1S/C12H14N2O4.BrH/c15-9-4-1-3-8(7-9)14-10(16)12(11(17)18)5-2-6-13-12;/h1,3-4,7,13,15H,2,5-6H2,(H,14,16)(H,17,18);1H/t12-;/m1./s1. The zero-order valence-corrected chi connectivity index (χ0v) is 11.8. The summed E-state index contributed by atoms with van der Waals surface area (Å²) in [7, 11) is 0. The fourth-order valence-electron chi connectivity index (χ4n) is 2.04. The summed E-state index contributed by atoms with van der Waals surface area (Å²) in [5.74, 6) is -1.78. The molecule has 1 aromatic rings. The first-order valence-electron chi connectivity index (χ1n) is 5.63. The molecule has 0 unspecified atom stereocenters. The van der Waals surface area contributed by atoms with Crippen LogP contribution in [0.5, 0.6) is 5.75 Å². The Bertz CT molecular complexity index is 486. The lowest BCUT2D eigenvalue weighted by atomic mass is 9.96. The summed E-state index contributed by atoms with van der Waals surface area (Å²) in [6.45, 7) is 0.500. The Hall–Kier alpha value is -1.60. The van der Waals surface area contributed by atoms with Crippen molar-refractivity contribution in [2.45, 2.75) is 18.4 Å². The van der Waals surface area contributed by atoms with Crippen molar-refractivity contribution in [3.05, 3.63) is 24.3 Å². The number of hydrogen-bond acceptors (Lipinski definition) is 4. The van der Waals surface area contributed by atoms with Gasteiger partial charge in [-0.1, -0.05) is 6.07 Å². The number of anilines is 1. The predicted octanol–water partition coefficient (Wildman–Crippen LogP) is 1.12. The molecule has 0 radical (unpaired) electrons. The van der Waals surface area contributed by atoms with Crippen LogP contribution in [0, 0.1) is 0 Å². The molecule has 1 fully saturated rings. The average Bonchev–Trinajstić information content (AvgIpc) is 2.79. The van der Waals surface area contributed by atoms with Gasteiger partial charge < -0.3 is 15.5 Å². The number of phenolic OH excluding ortho intramolecular Hbond substituents is 1.